The van der Waals surface area contributed by atoms with Crippen LogP contribution < -0.4 is 81.2 Å². The van der Waals surface area contributed by atoms with E-state index in [1.165, 1.54) is 22.3 Å². The zero-order chi connectivity index (χ0) is 32.7. The van der Waals surface area contributed by atoms with Crippen molar-refractivity contribution >= 4 is 23.6 Å². The van der Waals surface area contributed by atoms with Gasteiger partial charge in [0.2, 0.25) is 0 Å². The predicted molar refractivity (Wildman–Crippen MR) is 177 cm³/mol. The minimum absolute atomic E-state index is 0. The van der Waals surface area contributed by atoms with Crippen LogP contribution in [0.15, 0.2) is 58.7 Å². The first kappa shape index (κ1) is 42.8. The maximum Gasteiger partial charge on any atom is -1.00 e. The second kappa shape index (κ2) is 16.4. The van der Waals surface area contributed by atoms with E-state index in [-0.39, 0.29) is 37.2 Å². The third-order valence-corrected chi connectivity index (χ3v) is 18.2. The monoisotopic (exact) mass is 754 g/mol. The van der Waals surface area contributed by atoms with E-state index in [1.54, 1.807) is 42.7 Å². The molecular weight excluding hydrogens is 711 g/mol. The van der Waals surface area contributed by atoms with Gasteiger partial charge in [-0.1, -0.05) is 0 Å². The van der Waals surface area contributed by atoms with Gasteiger partial charge in [0, 0.05) is 0 Å². The Morgan fingerprint density at radius 2 is 0.617 bits per heavy atom. The molecule has 11 heteroatoms. The first-order chi connectivity index (χ1) is 20.8. The standard InChI is InChI=1S/C36H45O6Si.3ClH.Ti/c1-20-21(2)23(4)36(22(20)3)43(27-14-30(37-8)24(5)31(15-27)38-9,28-16-32(39-10)25(6)33(17-28)40-11)29-18-34(41-12)26(7)35(19-29)42-13;;;;/h14-19H,1-13H3;3*1H;/q;;;;+3/p-3. The van der Waals surface area contributed by atoms with Crippen molar-refractivity contribution in [2.45, 2.75) is 51.8 Å². The van der Waals surface area contributed by atoms with E-state index in [1.807, 2.05) is 20.8 Å². The van der Waals surface area contributed by atoms with Crippen LogP contribution in [0, 0.1) is 20.8 Å². The molecule has 254 valence electrons. The fourth-order valence-corrected chi connectivity index (χ4v) is 15.5. The van der Waals surface area contributed by atoms with Gasteiger partial charge < -0.3 is 37.2 Å². The topological polar surface area (TPSA) is 55.4 Å². The third-order valence-electron chi connectivity index (χ3n) is 9.93. The van der Waals surface area contributed by atoms with Crippen LogP contribution in [0.2, 0.25) is 3.34 Å². The van der Waals surface area contributed by atoms with Gasteiger partial charge in [-0.3, -0.25) is 0 Å². The summed E-state index contributed by atoms with van der Waals surface area (Å²) in [5.74, 6) is 4.62. The Morgan fingerprint density at radius 1 is 0.426 bits per heavy atom. The van der Waals surface area contributed by atoms with Gasteiger partial charge in [0.25, 0.3) is 0 Å². The maximum atomic E-state index is 6.02. The van der Waals surface area contributed by atoms with Crippen molar-refractivity contribution in [3.8, 4) is 34.5 Å². The average Bonchev–Trinajstić information content (AvgIpc) is 3.18. The van der Waals surface area contributed by atoms with Crippen LogP contribution in [0.4, 0.5) is 0 Å². The minimum atomic E-state index is -3.28. The molecule has 3 aromatic carbocycles. The van der Waals surface area contributed by atoms with Gasteiger partial charge in [-0.15, -0.1) is 0 Å². The molecule has 0 amide bonds. The van der Waals surface area contributed by atoms with Gasteiger partial charge in [0.15, 0.2) is 0 Å². The van der Waals surface area contributed by atoms with Crippen molar-refractivity contribution in [1.82, 2.24) is 0 Å². The maximum absolute atomic E-state index is 6.02. The molecule has 0 N–H and O–H groups in total. The average molecular weight is 756 g/mol. The molecule has 0 fully saturated rings. The van der Waals surface area contributed by atoms with Crippen LogP contribution in [0.5, 0.6) is 34.5 Å². The number of halogens is 3. The Balaban J connectivity index is 0.00000368. The molecule has 6 nitrogen and oxygen atoms in total. The number of rotatable bonds is 10. The van der Waals surface area contributed by atoms with Gasteiger partial charge in [0.05, 0.1) is 0 Å². The van der Waals surface area contributed by atoms with E-state index < -0.39 is 11.4 Å². The van der Waals surface area contributed by atoms with Crippen LogP contribution in [0.1, 0.15) is 44.4 Å². The molecule has 1 aliphatic carbocycles. The molecule has 0 heterocycles. The van der Waals surface area contributed by atoms with Crippen LogP contribution in [-0.4, -0.2) is 50.7 Å². The summed E-state index contributed by atoms with van der Waals surface area (Å²) in [7, 11) is 7.01. The van der Waals surface area contributed by atoms with Crippen molar-refractivity contribution in [1.29, 1.82) is 0 Å². The first-order valence-corrected chi connectivity index (χ1v) is 17.4. The summed E-state index contributed by atoms with van der Waals surface area (Å²) >= 11 is 2.40. The number of methoxy groups -OCH3 is 6. The fraction of sp³-hybridized carbons (Fsp3) is 0.389. The molecule has 0 spiro atoms. The van der Waals surface area contributed by atoms with Crippen LogP contribution in [0.25, 0.3) is 0 Å². The van der Waals surface area contributed by atoms with Crippen LogP contribution in [0.3, 0.4) is 0 Å². The number of benzene rings is 3. The van der Waals surface area contributed by atoms with E-state index in [0.29, 0.717) is 0 Å². The number of allylic oxidation sites excluding steroid dienone is 4. The summed E-state index contributed by atoms with van der Waals surface area (Å²) in [6.45, 7) is 15.1. The summed E-state index contributed by atoms with van der Waals surface area (Å²) in [5.41, 5.74) is 8.12. The number of ether oxygens (including phenoxy) is 6. The van der Waals surface area contributed by atoms with E-state index in [9.17, 15) is 0 Å². The molecule has 0 unspecified atom stereocenters. The summed E-state index contributed by atoms with van der Waals surface area (Å²) in [4.78, 5) is 0. The van der Waals surface area contributed by atoms with Crippen molar-refractivity contribution in [2.75, 3.05) is 42.7 Å². The fourth-order valence-electron chi connectivity index (χ4n) is 7.03. The zero-order valence-electron chi connectivity index (χ0n) is 29.5. The number of hydrogen-bond donors (Lipinski definition) is 0. The normalized spacial score (nSPS) is 13.7. The third kappa shape index (κ3) is 6.45. The smallest absolute Gasteiger partial charge is 1.00 e. The summed E-state index contributed by atoms with van der Waals surface area (Å²) in [6.07, 6.45) is 0. The van der Waals surface area contributed by atoms with Crippen LogP contribution in [-0.2, 0) is 20.4 Å². The SMILES string of the molecule is COc1cc([Si](c2cc(OC)c(C)c(OC)c2)(c2cc(OC)c(C)c(OC)c2)[C]2([Ti+3])C(C)=C(C)C(C)=C2C)cc(OC)c1C.[Cl-].[Cl-].[Cl-]. The Bertz CT molecular complexity index is 1440. The predicted octanol–water partition coefficient (Wildman–Crippen LogP) is -2.92. The second-order valence-corrected chi connectivity index (χ2v) is 17.5. The van der Waals surface area contributed by atoms with Crippen molar-refractivity contribution in [3.05, 3.63) is 75.4 Å². The summed E-state index contributed by atoms with van der Waals surface area (Å²) in [5, 5.41) is 3.38. The van der Waals surface area contributed by atoms with Crippen molar-refractivity contribution < 1.29 is 86.1 Å². The Labute approximate surface area is 312 Å². The number of hydrogen-bond acceptors (Lipinski definition) is 6. The summed E-state index contributed by atoms with van der Waals surface area (Å²) < 4.78 is 35.7. The molecule has 0 saturated carbocycles. The van der Waals surface area contributed by atoms with Crippen molar-refractivity contribution in [2.24, 2.45) is 0 Å². The summed E-state index contributed by atoms with van der Waals surface area (Å²) in [6, 6.07) is 13.2. The zero-order valence-corrected chi connectivity index (χ0v) is 34.4. The Kier molecular flexibility index (Phi) is 14.9. The van der Waals surface area contributed by atoms with E-state index >= 15 is 0 Å². The second-order valence-electron chi connectivity index (χ2n) is 11.5. The molecule has 0 saturated heterocycles. The molecule has 1 aliphatic rings. The van der Waals surface area contributed by atoms with E-state index in [2.05, 4.69) is 84.5 Å². The molecule has 0 atom stereocenters. The largest absolute Gasteiger partial charge is 1.00 e. The molecule has 0 radical (unpaired) electrons. The minimum Gasteiger partial charge on any atom is -1.00 e. The molecule has 3 aromatic rings. The molecule has 0 aromatic heterocycles. The molecular formula is C36H45Cl3O6SiTi. The van der Waals surface area contributed by atoms with E-state index in [0.717, 1.165) is 66.7 Å². The van der Waals surface area contributed by atoms with Gasteiger partial charge in [-0.05, 0) is 0 Å². The Morgan fingerprint density at radius 3 is 0.787 bits per heavy atom. The Hall–Kier alpha value is -2.26. The van der Waals surface area contributed by atoms with Crippen molar-refractivity contribution in [3.63, 3.8) is 0 Å². The van der Waals surface area contributed by atoms with Gasteiger partial charge in [-0.25, -0.2) is 0 Å². The van der Waals surface area contributed by atoms with Gasteiger partial charge in [0.1, 0.15) is 0 Å². The van der Waals surface area contributed by atoms with Gasteiger partial charge in [-0.2, -0.15) is 0 Å². The first-order valence-electron chi connectivity index (χ1n) is 14.6. The molecule has 0 aliphatic heterocycles. The van der Waals surface area contributed by atoms with Crippen LogP contribution >= 0.6 is 0 Å². The quantitative estimate of drug-likeness (QED) is 0.164. The van der Waals surface area contributed by atoms with Gasteiger partial charge >= 0.3 is 277 Å². The molecule has 47 heavy (non-hydrogen) atoms. The van der Waals surface area contributed by atoms with E-state index in [4.69, 9.17) is 28.4 Å². The molecule has 0 bridgehead atoms. The molecule has 4 rings (SSSR count).